The summed E-state index contributed by atoms with van der Waals surface area (Å²) in [6, 6.07) is -0.663. The van der Waals surface area contributed by atoms with Crippen molar-refractivity contribution in [3.63, 3.8) is 0 Å². The summed E-state index contributed by atoms with van der Waals surface area (Å²) in [5.74, 6) is -2.38. The third-order valence-electron chi connectivity index (χ3n) is 3.25. The maximum atomic E-state index is 12.0. The normalized spacial score (nSPS) is 21.6. The van der Waals surface area contributed by atoms with Crippen LogP contribution in [0, 0.1) is 5.92 Å². The van der Waals surface area contributed by atoms with Gasteiger partial charge in [-0.1, -0.05) is 20.3 Å². The number of rotatable bonds is 6. The Morgan fingerprint density at radius 2 is 2.11 bits per heavy atom. The second kappa shape index (κ2) is 6.31. The lowest BCUT2D eigenvalue weighted by Gasteiger charge is -2.28. The minimum atomic E-state index is -2.00. The molecule has 0 bridgehead atoms. The molecule has 6 N–H and O–H groups in total. The molecule has 110 valence electrons. The number of carbonyl (C=O) groups excluding carboxylic acids is 2. The molecule has 7 heteroatoms. The number of hydrogen-bond acceptors (Lipinski definition) is 6. The van der Waals surface area contributed by atoms with Crippen molar-refractivity contribution in [2.45, 2.75) is 51.5 Å². The van der Waals surface area contributed by atoms with E-state index in [0.29, 0.717) is 25.3 Å². The van der Waals surface area contributed by atoms with Crippen LogP contribution >= 0.6 is 0 Å². The minimum absolute atomic E-state index is 0.0288. The molecule has 0 saturated carbocycles. The van der Waals surface area contributed by atoms with Gasteiger partial charge < -0.3 is 9.64 Å². The predicted octanol–water partition coefficient (Wildman–Crippen LogP) is -0.556. The van der Waals surface area contributed by atoms with Crippen molar-refractivity contribution in [3.05, 3.63) is 0 Å². The van der Waals surface area contributed by atoms with E-state index in [1.807, 2.05) is 0 Å². The number of ether oxygens (including phenoxy) is 1. The molecule has 1 fully saturated rings. The lowest BCUT2D eigenvalue weighted by molar-refractivity contribution is -0.167. The number of hydrogen-bond donors (Lipinski definition) is 3. The molecular formula is C12H24N4O3. The number of carbonyl (C=O) groups is 2. The number of likely N-dealkylation sites (tertiary alicyclic amines) is 1. The van der Waals surface area contributed by atoms with Crippen LogP contribution in [0.1, 0.15) is 39.5 Å². The van der Waals surface area contributed by atoms with E-state index in [2.05, 4.69) is 6.92 Å². The summed E-state index contributed by atoms with van der Waals surface area (Å²) in [7, 11) is 0. The van der Waals surface area contributed by atoms with Gasteiger partial charge >= 0.3 is 5.97 Å². The fraction of sp³-hybridized carbons (Fsp3) is 0.833. The molecule has 0 aromatic rings. The molecular weight excluding hydrogens is 248 g/mol. The van der Waals surface area contributed by atoms with Crippen LogP contribution in [0.2, 0.25) is 0 Å². The first-order valence-electron chi connectivity index (χ1n) is 6.67. The van der Waals surface area contributed by atoms with Gasteiger partial charge in [0.25, 0.3) is 5.97 Å². The summed E-state index contributed by atoms with van der Waals surface area (Å²) < 4.78 is 4.75. The minimum Gasteiger partial charge on any atom is -0.415 e. The third kappa shape index (κ3) is 4.45. The Morgan fingerprint density at radius 1 is 1.47 bits per heavy atom. The molecule has 0 aromatic heterocycles. The molecule has 1 amide bonds. The van der Waals surface area contributed by atoms with Crippen molar-refractivity contribution in [1.82, 2.24) is 4.90 Å². The van der Waals surface area contributed by atoms with Gasteiger partial charge in [-0.3, -0.25) is 22.0 Å². The molecule has 1 aliphatic rings. The zero-order valence-electron chi connectivity index (χ0n) is 11.6. The van der Waals surface area contributed by atoms with E-state index in [4.69, 9.17) is 21.9 Å². The summed E-state index contributed by atoms with van der Waals surface area (Å²) >= 11 is 0. The fourth-order valence-corrected chi connectivity index (χ4v) is 2.47. The second-order valence-electron chi connectivity index (χ2n) is 5.10. The smallest absolute Gasteiger partial charge is 0.332 e. The fourth-order valence-electron chi connectivity index (χ4n) is 2.47. The Labute approximate surface area is 113 Å². The van der Waals surface area contributed by atoms with Crippen LogP contribution in [0.3, 0.4) is 0 Å². The zero-order chi connectivity index (χ0) is 14.6. The molecule has 2 atom stereocenters. The summed E-state index contributed by atoms with van der Waals surface area (Å²) in [6.45, 7) is 4.45. The van der Waals surface area contributed by atoms with Crippen molar-refractivity contribution < 1.29 is 14.3 Å². The molecule has 0 spiro atoms. The van der Waals surface area contributed by atoms with E-state index in [-0.39, 0.29) is 5.91 Å². The highest BCUT2D eigenvalue weighted by Crippen LogP contribution is 2.25. The Bertz CT molecular complexity index is 340. The van der Waals surface area contributed by atoms with Crippen molar-refractivity contribution in [2.75, 3.05) is 6.54 Å². The SMILES string of the molecule is CCCC1CC(=O)N(C(CC)C(=O)OC(N)(N)N)C1. The molecule has 0 aromatic carbocycles. The quantitative estimate of drug-likeness (QED) is 0.440. The Hall–Kier alpha value is -1.18. The average Bonchev–Trinajstić information content (AvgIpc) is 2.59. The predicted molar refractivity (Wildman–Crippen MR) is 70.2 cm³/mol. The molecule has 19 heavy (non-hydrogen) atoms. The van der Waals surface area contributed by atoms with Crippen LogP contribution < -0.4 is 17.2 Å². The van der Waals surface area contributed by atoms with Crippen LogP contribution in [0.4, 0.5) is 0 Å². The van der Waals surface area contributed by atoms with Crippen LogP contribution in [0.25, 0.3) is 0 Å². The van der Waals surface area contributed by atoms with Crippen LogP contribution in [-0.2, 0) is 14.3 Å². The molecule has 1 rings (SSSR count). The van der Waals surface area contributed by atoms with Crippen molar-refractivity contribution in [3.8, 4) is 0 Å². The van der Waals surface area contributed by atoms with Crippen molar-refractivity contribution >= 4 is 11.9 Å². The Morgan fingerprint density at radius 3 is 2.58 bits per heavy atom. The zero-order valence-corrected chi connectivity index (χ0v) is 11.6. The number of nitrogens with two attached hydrogens (primary N) is 3. The molecule has 7 nitrogen and oxygen atoms in total. The maximum absolute atomic E-state index is 12.0. The molecule has 1 saturated heterocycles. The topological polar surface area (TPSA) is 125 Å². The molecule has 0 aliphatic carbocycles. The van der Waals surface area contributed by atoms with Gasteiger partial charge in [0, 0.05) is 13.0 Å². The third-order valence-corrected chi connectivity index (χ3v) is 3.25. The van der Waals surface area contributed by atoms with E-state index in [0.717, 1.165) is 12.8 Å². The molecule has 2 unspecified atom stereocenters. The van der Waals surface area contributed by atoms with Gasteiger partial charge in [0.1, 0.15) is 6.04 Å². The standard InChI is InChI=1S/C12H24N4O3/c1-3-5-8-6-10(17)16(7-8)9(4-2)11(18)19-12(13,14)15/h8-9H,3-7,13-15H2,1-2H3. The number of amides is 1. The molecule has 1 heterocycles. The van der Waals surface area contributed by atoms with Crippen LogP contribution in [0.5, 0.6) is 0 Å². The van der Waals surface area contributed by atoms with Crippen LogP contribution in [0.15, 0.2) is 0 Å². The summed E-state index contributed by atoms with van der Waals surface area (Å²) in [5.41, 5.74) is 15.7. The van der Waals surface area contributed by atoms with Gasteiger partial charge in [-0.2, -0.15) is 0 Å². The average molecular weight is 272 g/mol. The van der Waals surface area contributed by atoms with Gasteiger partial charge in [0.05, 0.1) is 0 Å². The largest absolute Gasteiger partial charge is 0.415 e. The molecule has 0 radical (unpaired) electrons. The lowest BCUT2D eigenvalue weighted by Crippen LogP contribution is -2.62. The highest BCUT2D eigenvalue weighted by Gasteiger charge is 2.38. The highest BCUT2D eigenvalue weighted by atomic mass is 16.6. The summed E-state index contributed by atoms with van der Waals surface area (Å²) in [5, 5.41) is 0. The molecule has 1 aliphatic heterocycles. The van der Waals surface area contributed by atoms with Gasteiger partial charge in [0.2, 0.25) is 5.91 Å². The van der Waals surface area contributed by atoms with Gasteiger partial charge in [-0.25, -0.2) is 4.79 Å². The van der Waals surface area contributed by atoms with Gasteiger partial charge in [-0.05, 0) is 18.8 Å². The van der Waals surface area contributed by atoms with E-state index in [9.17, 15) is 9.59 Å². The van der Waals surface area contributed by atoms with Crippen molar-refractivity contribution in [2.24, 2.45) is 23.1 Å². The summed E-state index contributed by atoms with van der Waals surface area (Å²) in [6.07, 6.45) is 2.92. The van der Waals surface area contributed by atoms with Gasteiger partial charge in [-0.15, -0.1) is 0 Å². The first-order valence-corrected chi connectivity index (χ1v) is 6.67. The van der Waals surface area contributed by atoms with E-state index in [1.165, 1.54) is 0 Å². The number of nitrogens with zero attached hydrogens (tertiary/aromatic N) is 1. The van der Waals surface area contributed by atoms with Crippen LogP contribution in [-0.4, -0.2) is 35.3 Å². The van der Waals surface area contributed by atoms with E-state index < -0.39 is 18.0 Å². The first kappa shape index (κ1) is 15.9. The maximum Gasteiger partial charge on any atom is 0.332 e. The van der Waals surface area contributed by atoms with E-state index in [1.54, 1.807) is 11.8 Å². The summed E-state index contributed by atoms with van der Waals surface area (Å²) in [4.78, 5) is 25.4. The van der Waals surface area contributed by atoms with Gasteiger partial charge in [0.15, 0.2) is 0 Å². The highest BCUT2D eigenvalue weighted by molar-refractivity contribution is 5.86. The second-order valence-corrected chi connectivity index (χ2v) is 5.10. The first-order chi connectivity index (χ1) is 8.78. The number of esters is 1. The van der Waals surface area contributed by atoms with Crippen molar-refractivity contribution in [1.29, 1.82) is 0 Å². The lowest BCUT2D eigenvalue weighted by atomic mass is 10.0. The monoisotopic (exact) mass is 272 g/mol. The Kier molecular flexibility index (Phi) is 5.28. The Balaban J connectivity index is 2.70. The van der Waals surface area contributed by atoms with E-state index >= 15 is 0 Å².